The van der Waals surface area contributed by atoms with Crippen molar-refractivity contribution in [1.82, 2.24) is 4.72 Å². The van der Waals surface area contributed by atoms with Crippen molar-refractivity contribution in [3.8, 4) is 0 Å². The van der Waals surface area contributed by atoms with E-state index in [0.717, 1.165) is 5.69 Å². The lowest BCUT2D eigenvalue weighted by molar-refractivity contribution is 0.196. The van der Waals surface area contributed by atoms with Crippen LogP contribution in [0.5, 0.6) is 0 Å². The molecule has 2 aromatic carbocycles. The highest BCUT2D eigenvalue weighted by molar-refractivity contribution is 7.89. The van der Waals surface area contributed by atoms with E-state index in [-0.39, 0.29) is 11.5 Å². The Hall–Kier alpha value is -1.89. The molecule has 0 fully saturated rings. The summed E-state index contributed by atoms with van der Waals surface area (Å²) in [6, 6.07) is 15.6. The molecule has 6 heteroatoms. The SMILES string of the molecule is CN(C)c1ccc(S(=O)(=O)N[C@](C)(CO)c2ccccc2)cc1. The molecule has 2 aromatic rings. The number of hydrogen-bond donors (Lipinski definition) is 2. The highest BCUT2D eigenvalue weighted by Gasteiger charge is 2.31. The normalized spacial score (nSPS) is 14.3. The Bertz CT molecular complexity index is 743. The van der Waals surface area contributed by atoms with Gasteiger partial charge in [0.25, 0.3) is 0 Å². The third-order valence-corrected chi connectivity index (χ3v) is 5.36. The molecule has 2 rings (SSSR count). The fourth-order valence-corrected chi connectivity index (χ4v) is 3.66. The number of rotatable bonds is 6. The smallest absolute Gasteiger partial charge is 0.241 e. The minimum absolute atomic E-state index is 0.165. The number of nitrogens with zero attached hydrogens (tertiary/aromatic N) is 1. The fraction of sp³-hybridized carbons (Fsp3) is 0.294. The molecule has 0 bridgehead atoms. The van der Waals surface area contributed by atoms with E-state index in [9.17, 15) is 13.5 Å². The van der Waals surface area contributed by atoms with Crippen molar-refractivity contribution in [2.45, 2.75) is 17.4 Å². The fourth-order valence-electron chi connectivity index (χ4n) is 2.27. The molecule has 0 aliphatic carbocycles. The molecule has 1 atom stereocenters. The van der Waals surface area contributed by atoms with Gasteiger partial charge in [-0.05, 0) is 36.8 Å². The zero-order valence-electron chi connectivity index (χ0n) is 13.5. The zero-order chi connectivity index (χ0) is 17.1. The van der Waals surface area contributed by atoms with Gasteiger partial charge < -0.3 is 10.0 Å². The number of aliphatic hydroxyl groups is 1. The summed E-state index contributed by atoms with van der Waals surface area (Å²) in [6.07, 6.45) is 0. The summed E-state index contributed by atoms with van der Waals surface area (Å²) in [6.45, 7) is 1.32. The summed E-state index contributed by atoms with van der Waals surface area (Å²) in [7, 11) is 0.0286. The maximum atomic E-state index is 12.6. The van der Waals surface area contributed by atoms with Gasteiger partial charge in [-0.15, -0.1) is 0 Å². The van der Waals surface area contributed by atoms with Crippen molar-refractivity contribution < 1.29 is 13.5 Å². The van der Waals surface area contributed by atoms with Crippen LogP contribution in [0.3, 0.4) is 0 Å². The van der Waals surface area contributed by atoms with Gasteiger partial charge in [-0.3, -0.25) is 0 Å². The largest absolute Gasteiger partial charge is 0.394 e. The maximum absolute atomic E-state index is 12.6. The molecule has 0 saturated heterocycles. The van der Waals surface area contributed by atoms with Crippen LogP contribution < -0.4 is 9.62 Å². The van der Waals surface area contributed by atoms with Crippen molar-refractivity contribution >= 4 is 15.7 Å². The van der Waals surface area contributed by atoms with Crippen LogP contribution in [-0.2, 0) is 15.6 Å². The molecule has 0 amide bonds. The van der Waals surface area contributed by atoms with Gasteiger partial charge in [-0.25, -0.2) is 8.42 Å². The van der Waals surface area contributed by atoms with E-state index in [0.29, 0.717) is 5.56 Å². The van der Waals surface area contributed by atoms with Crippen LogP contribution in [0.1, 0.15) is 12.5 Å². The van der Waals surface area contributed by atoms with Crippen molar-refractivity contribution in [3.05, 3.63) is 60.2 Å². The second-order valence-electron chi connectivity index (χ2n) is 5.85. The summed E-state index contributed by atoms with van der Waals surface area (Å²) in [5, 5.41) is 9.73. The summed E-state index contributed by atoms with van der Waals surface area (Å²) in [4.78, 5) is 2.06. The van der Waals surface area contributed by atoms with Crippen LogP contribution in [0.2, 0.25) is 0 Å². The van der Waals surface area contributed by atoms with Gasteiger partial charge >= 0.3 is 0 Å². The first-order chi connectivity index (χ1) is 10.8. The highest BCUT2D eigenvalue weighted by atomic mass is 32.2. The first-order valence-electron chi connectivity index (χ1n) is 7.26. The third kappa shape index (κ3) is 3.90. The quantitative estimate of drug-likeness (QED) is 0.847. The van der Waals surface area contributed by atoms with E-state index < -0.39 is 15.6 Å². The van der Waals surface area contributed by atoms with E-state index in [2.05, 4.69) is 4.72 Å². The number of aliphatic hydroxyl groups excluding tert-OH is 1. The number of nitrogens with one attached hydrogen (secondary N) is 1. The molecule has 0 unspecified atom stereocenters. The number of anilines is 1. The first-order valence-corrected chi connectivity index (χ1v) is 8.74. The lowest BCUT2D eigenvalue weighted by Gasteiger charge is -2.29. The Morgan fingerprint density at radius 2 is 1.61 bits per heavy atom. The van der Waals surface area contributed by atoms with Crippen LogP contribution in [0.25, 0.3) is 0 Å². The van der Waals surface area contributed by atoms with Crippen LogP contribution in [0.4, 0.5) is 5.69 Å². The third-order valence-electron chi connectivity index (χ3n) is 3.75. The van der Waals surface area contributed by atoms with Crippen molar-refractivity contribution in [3.63, 3.8) is 0 Å². The van der Waals surface area contributed by atoms with Crippen molar-refractivity contribution in [2.75, 3.05) is 25.6 Å². The van der Waals surface area contributed by atoms with Gasteiger partial charge in [0.15, 0.2) is 0 Å². The predicted molar refractivity (Wildman–Crippen MR) is 92.0 cm³/mol. The van der Waals surface area contributed by atoms with Gasteiger partial charge in [0, 0.05) is 19.8 Å². The molecule has 5 nitrogen and oxygen atoms in total. The minimum atomic E-state index is -3.75. The molecule has 0 aliphatic rings. The molecule has 0 spiro atoms. The summed E-state index contributed by atoms with van der Waals surface area (Å²) in [5.74, 6) is 0. The second-order valence-corrected chi connectivity index (χ2v) is 7.53. The molecular weight excluding hydrogens is 312 g/mol. The number of sulfonamides is 1. The van der Waals surface area contributed by atoms with E-state index in [4.69, 9.17) is 0 Å². The number of hydrogen-bond acceptors (Lipinski definition) is 4. The lowest BCUT2D eigenvalue weighted by Crippen LogP contribution is -2.46. The molecule has 23 heavy (non-hydrogen) atoms. The zero-order valence-corrected chi connectivity index (χ0v) is 14.3. The molecule has 0 radical (unpaired) electrons. The van der Waals surface area contributed by atoms with Crippen LogP contribution in [0.15, 0.2) is 59.5 Å². The van der Waals surface area contributed by atoms with E-state index >= 15 is 0 Å². The maximum Gasteiger partial charge on any atom is 0.241 e. The first kappa shape index (κ1) is 17.5. The van der Waals surface area contributed by atoms with E-state index in [1.807, 2.05) is 37.2 Å². The van der Waals surface area contributed by atoms with Gasteiger partial charge in [-0.2, -0.15) is 4.72 Å². The minimum Gasteiger partial charge on any atom is -0.394 e. The predicted octanol–water partition coefficient (Wildman–Crippen LogP) is 1.94. The topological polar surface area (TPSA) is 69.6 Å². The molecule has 2 N–H and O–H groups in total. The van der Waals surface area contributed by atoms with Gasteiger partial charge in [-0.1, -0.05) is 30.3 Å². The molecule has 0 saturated carbocycles. The number of benzene rings is 2. The standard InChI is InChI=1S/C17H22N2O3S/c1-17(13-20,14-7-5-4-6-8-14)18-23(21,22)16-11-9-15(10-12-16)19(2)3/h4-12,18,20H,13H2,1-3H3/t17-/m1/s1. The Morgan fingerprint density at radius 1 is 1.04 bits per heavy atom. The Labute approximate surface area is 137 Å². The van der Waals surface area contributed by atoms with Gasteiger partial charge in [0.05, 0.1) is 17.0 Å². The molecule has 0 aromatic heterocycles. The average Bonchev–Trinajstić information content (AvgIpc) is 2.55. The van der Waals surface area contributed by atoms with Gasteiger partial charge in [0.2, 0.25) is 10.0 Å². The Morgan fingerprint density at radius 3 is 2.09 bits per heavy atom. The van der Waals surface area contributed by atoms with Gasteiger partial charge in [0.1, 0.15) is 0 Å². The van der Waals surface area contributed by atoms with Crippen LogP contribution in [0, 0.1) is 0 Å². The summed E-state index contributed by atoms with van der Waals surface area (Å²) < 4.78 is 27.9. The molecule has 0 aliphatic heterocycles. The molecule has 124 valence electrons. The Balaban J connectivity index is 2.32. The Kier molecular flexibility index (Phi) is 5.09. The summed E-state index contributed by atoms with van der Waals surface area (Å²) in [5.41, 5.74) is 0.535. The van der Waals surface area contributed by atoms with Crippen molar-refractivity contribution in [1.29, 1.82) is 0 Å². The lowest BCUT2D eigenvalue weighted by atomic mass is 9.94. The van der Waals surface area contributed by atoms with E-state index in [1.54, 1.807) is 43.3 Å². The monoisotopic (exact) mass is 334 g/mol. The molecular formula is C17H22N2O3S. The van der Waals surface area contributed by atoms with E-state index in [1.165, 1.54) is 0 Å². The second kappa shape index (κ2) is 6.70. The average molecular weight is 334 g/mol. The van der Waals surface area contributed by atoms with Crippen LogP contribution in [-0.4, -0.2) is 34.2 Å². The van der Waals surface area contributed by atoms with Crippen molar-refractivity contribution in [2.24, 2.45) is 0 Å². The summed E-state index contributed by atoms with van der Waals surface area (Å²) >= 11 is 0. The molecule has 0 heterocycles. The van der Waals surface area contributed by atoms with Crippen LogP contribution >= 0.6 is 0 Å². The highest BCUT2D eigenvalue weighted by Crippen LogP contribution is 2.24.